The molecule has 0 radical (unpaired) electrons. The van der Waals surface area contributed by atoms with Gasteiger partial charge in [0, 0.05) is 18.1 Å². The van der Waals surface area contributed by atoms with Gasteiger partial charge < -0.3 is 5.73 Å². The summed E-state index contributed by atoms with van der Waals surface area (Å²) in [4.78, 5) is 0. The van der Waals surface area contributed by atoms with Gasteiger partial charge in [-0.05, 0) is 30.5 Å². The Balaban J connectivity index is 2.70. The zero-order valence-electron chi connectivity index (χ0n) is 10.4. The van der Waals surface area contributed by atoms with Crippen LogP contribution in [0.25, 0.3) is 0 Å². The van der Waals surface area contributed by atoms with Crippen molar-refractivity contribution in [3.8, 4) is 0 Å². The highest BCUT2D eigenvalue weighted by atomic mass is 32.2. The molecule has 0 bridgehead atoms. The molecule has 1 unspecified atom stereocenters. The Morgan fingerprint density at radius 1 is 1.32 bits per heavy atom. The molecule has 2 N–H and O–H groups in total. The molecule has 0 aliphatic heterocycles. The summed E-state index contributed by atoms with van der Waals surface area (Å²) in [5.41, 5.74) is 5.39. The third-order valence-corrected chi connectivity index (χ3v) is 3.70. The molecule has 0 heterocycles. The van der Waals surface area contributed by atoms with Crippen molar-refractivity contribution in [2.75, 3.05) is 12.0 Å². The van der Waals surface area contributed by atoms with E-state index < -0.39 is 27.6 Å². The minimum absolute atomic E-state index is 0.0142. The zero-order valence-corrected chi connectivity index (χ0v) is 11.3. The van der Waals surface area contributed by atoms with Crippen molar-refractivity contribution >= 4 is 9.84 Å². The van der Waals surface area contributed by atoms with Crippen LogP contribution in [0.15, 0.2) is 24.3 Å². The number of sulfone groups is 1. The average Bonchev–Trinajstić information content (AvgIpc) is 2.26. The molecule has 1 aromatic carbocycles. The minimum Gasteiger partial charge on any atom is -0.324 e. The number of hydrogen-bond donors (Lipinski definition) is 1. The van der Waals surface area contributed by atoms with Gasteiger partial charge in [0.2, 0.25) is 0 Å². The van der Waals surface area contributed by atoms with Crippen LogP contribution in [-0.4, -0.2) is 20.4 Å². The van der Waals surface area contributed by atoms with Crippen LogP contribution in [0.5, 0.6) is 0 Å². The monoisotopic (exact) mass is 295 g/mol. The zero-order chi connectivity index (χ0) is 14.7. The normalized spacial score (nSPS) is 14.4. The second-order valence-electron chi connectivity index (χ2n) is 4.50. The number of nitrogens with two attached hydrogens (primary N) is 1. The summed E-state index contributed by atoms with van der Waals surface area (Å²) in [6, 6.07) is 4.20. The minimum atomic E-state index is -4.40. The Kier molecular flexibility index (Phi) is 4.98. The molecular formula is C12H16F3NO2S. The Hall–Kier alpha value is -1.08. The van der Waals surface area contributed by atoms with Gasteiger partial charge in [-0.1, -0.05) is 12.1 Å². The van der Waals surface area contributed by atoms with E-state index in [1.807, 2.05) is 0 Å². The summed E-state index contributed by atoms with van der Waals surface area (Å²) in [6.07, 6.45) is -2.63. The molecule has 0 fully saturated rings. The highest BCUT2D eigenvalue weighted by Crippen LogP contribution is 2.31. The van der Waals surface area contributed by atoms with Gasteiger partial charge in [-0.15, -0.1) is 0 Å². The maximum Gasteiger partial charge on any atom is 0.416 e. The van der Waals surface area contributed by atoms with Gasteiger partial charge in [-0.3, -0.25) is 0 Å². The third-order valence-electron chi connectivity index (χ3n) is 2.67. The summed E-state index contributed by atoms with van der Waals surface area (Å²) in [6.45, 7) is 0. The first-order chi connectivity index (χ1) is 8.59. The molecule has 19 heavy (non-hydrogen) atoms. The second-order valence-corrected chi connectivity index (χ2v) is 6.76. The van der Waals surface area contributed by atoms with Gasteiger partial charge in [0.25, 0.3) is 0 Å². The molecule has 0 aliphatic rings. The van der Waals surface area contributed by atoms with E-state index in [0.29, 0.717) is 18.4 Å². The van der Waals surface area contributed by atoms with Crippen LogP contribution in [0, 0.1) is 0 Å². The van der Waals surface area contributed by atoms with E-state index in [2.05, 4.69) is 0 Å². The van der Waals surface area contributed by atoms with Crippen LogP contribution >= 0.6 is 0 Å². The van der Waals surface area contributed by atoms with Crippen molar-refractivity contribution in [3.05, 3.63) is 35.4 Å². The van der Waals surface area contributed by atoms with Crippen molar-refractivity contribution in [3.63, 3.8) is 0 Å². The first-order valence-corrected chi connectivity index (χ1v) is 7.76. The highest BCUT2D eigenvalue weighted by Gasteiger charge is 2.30. The van der Waals surface area contributed by atoms with Gasteiger partial charge >= 0.3 is 6.18 Å². The van der Waals surface area contributed by atoms with Crippen molar-refractivity contribution in [2.45, 2.75) is 25.1 Å². The molecule has 0 saturated carbocycles. The lowest BCUT2D eigenvalue weighted by atomic mass is 10.0. The van der Waals surface area contributed by atoms with E-state index in [9.17, 15) is 21.6 Å². The largest absolute Gasteiger partial charge is 0.416 e. The van der Waals surface area contributed by atoms with Crippen LogP contribution < -0.4 is 5.73 Å². The Labute approximate surface area is 110 Å². The number of rotatable bonds is 5. The van der Waals surface area contributed by atoms with E-state index in [4.69, 9.17) is 5.73 Å². The molecule has 0 saturated heterocycles. The van der Waals surface area contributed by atoms with E-state index in [0.717, 1.165) is 18.4 Å². The lowest BCUT2D eigenvalue weighted by Crippen LogP contribution is -2.14. The summed E-state index contributed by atoms with van der Waals surface area (Å²) < 4.78 is 59.4. The fourth-order valence-corrected chi connectivity index (χ4v) is 2.37. The van der Waals surface area contributed by atoms with E-state index in [1.54, 1.807) is 0 Å². The Bertz CT molecular complexity index is 526. The average molecular weight is 295 g/mol. The standard InChI is InChI=1S/C12H16F3NO2S/c1-19(17,18)7-3-6-11(16)9-4-2-5-10(8-9)12(13,14)15/h2,4-5,8,11H,3,6-7,16H2,1H3. The van der Waals surface area contributed by atoms with E-state index in [-0.39, 0.29) is 5.75 Å². The summed E-state index contributed by atoms with van der Waals surface area (Å²) >= 11 is 0. The topological polar surface area (TPSA) is 60.2 Å². The smallest absolute Gasteiger partial charge is 0.324 e. The predicted molar refractivity (Wildman–Crippen MR) is 67.3 cm³/mol. The predicted octanol–water partition coefficient (Wildman–Crippen LogP) is 2.53. The van der Waals surface area contributed by atoms with Crippen molar-refractivity contribution < 1.29 is 21.6 Å². The van der Waals surface area contributed by atoms with E-state index >= 15 is 0 Å². The van der Waals surface area contributed by atoms with Crippen LogP contribution in [0.4, 0.5) is 13.2 Å². The second kappa shape index (κ2) is 5.92. The molecular weight excluding hydrogens is 279 g/mol. The molecule has 0 spiro atoms. The molecule has 1 rings (SSSR count). The lowest BCUT2D eigenvalue weighted by Gasteiger charge is -2.14. The molecule has 0 aliphatic carbocycles. The SMILES string of the molecule is CS(=O)(=O)CCCC(N)c1cccc(C(F)(F)F)c1. The molecule has 108 valence electrons. The first-order valence-electron chi connectivity index (χ1n) is 5.70. The van der Waals surface area contributed by atoms with Crippen molar-refractivity contribution in [1.82, 2.24) is 0 Å². The van der Waals surface area contributed by atoms with Gasteiger partial charge in [-0.25, -0.2) is 8.42 Å². The van der Waals surface area contributed by atoms with Crippen LogP contribution in [0.1, 0.15) is 30.0 Å². The molecule has 1 aromatic rings. The Morgan fingerprint density at radius 3 is 2.47 bits per heavy atom. The quantitative estimate of drug-likeness (QED) is 0.908. The van der Waals surface area contributed by atoms with Crippen LogP contribution in [0.3, 0.4) is 0 Å². The van der Waals surface area contributed by atoms with Crippen LogP contribution in [0.2, 0.25) is 0 Å². The van der Waals surface area contributed by atoms with Crippen molar-refractivity contribution in [1.29, 1.82) is 0 Å². The van der Waals surface area contributed by atoms with Crippen molar-refractivity contribution in [2.24, 2.45) is 5.73 Å². The fraction of sp³-hybridized carbons (Fsp3) is 0.500. The maximum atomic E-state index is 12.5. The van der Waals surface area contributed by atoms with Gasteiger partial charge in [0.15, 0.2) is 0 Å². The number of hydrogen-bond acceptors (Lipinski definition) is 3. The van der Waals surface area contributed by atoms with Gasteiger partial charge in [-0.2, -0.15) is 13.2 Å². The summed E-state index contributed by atoms with van der Waals surface area (Å²) in [7, 11) is -3.07. The number of halogens is 3. The molecule has 7 heteroatoms. The lowest BCUT2D eigenvalue weighted by molar-refractivity contribution is -0.137. The highest BCUT2D eigenvalue weighted by molar-refractivity contribution is 7.90. The number of benzene rings is 1. The maximum absolute atomic E-state index is 12.5. The number of alkyl halides is 3. The third kappa shape index (κ3) is 5.61. The first kappa shape index (κ1) is 16.0. The van der Waals surface area contributed by atoms with Gasteiger partial charge in [0.05, 0.1) is 5.56 Å². The van der Waals surface area contributed by atoms with E-state index in [1.165, 1.54) is 12.1 Å². The Morgan fingerprint density at radius 2 is 1.95 bits per heavy atom. The molecule has 3 nitrogen and oxygen atoms in total. The summed E-state index contributed by atoms with van der Waals surface area (Å²) in [5, 5.41) is 0. The summed E-state index contributed by atoms with van der Waals surface area (Å²) in [5.74, 6) is -0.0142. The molecule has 0 aromatic heterocycles. The molecule has 1 atom stereocenters. The van der Waals surface area contributed by atoms with Crippen LogP contribution in [-0.2, 0) is 16.0 Å². The van der Waals surface area contributed by atoms with Gasteiger partial charge in [0.1, 0.15) is 9.84 Å². The fourth-order valence-electron chi connectivity index (χ4n) is 1.68. The molecule has 0 amide bonds.